The summed E-state index contributed by atoms with van der Waals surface area (Å²) in [6, 6.07) is 13.0. The molecule has 2 aromatic rings. The largest absolute Gasteiger partial charge is 0.488 e. The fourth-order valence-corrected chi connectivity index (χ4v) is 3.12. The molecule has 0 saturated heterocycles. The molecular weight excluding hydrogens is 332 g/mol. The van der Waals surface area contributed by atoms with Crippen molar-refractivity contribution in [3.63, 3.8) is 0 Å². The number of para-hydroxylation sites is 1. The summed E-state index contributed by atoms with van der Waals surface area (Å²) >= 11 is 0. The Labute approximate surface area is 153 Å². The van der Waals surface area contributed by atoms with Crippen molar-refractivity contribution in [2.75, 3.05) is 18.9 Å². The van der Waals surface area contributed by atoms with Crippen LogP contribution in [0.2, 0.25) is 0 Å². The first-order valence-electron chi connectivity index (χ1n) is 8.60. The first-order valence-corrected chi connectivity index (χ1v) is 8.60. The molecule has 1 amide bonds. The second kappa shape index (κ2) is 7.15. The molecule has 138 valence electrons. The Morgan fingerprint density at radius 3 is 2.81 bits per heavy atom. The summed E-state index contributed by atoms with van der Waals surface area (Å²) < 4.78 is 11.8. The molecule has 1 aliphatic rings. The Kier molecular flexibility index (Phi) is 4.93. The predicted octanol–water partition coefficient (Wildman–Crippen LogP) is 3.54. The summed E-state index contributed by atoms with van der Waals surface area (Å²) in [5, 5.41) is 9.44. The summed E-state index contributed by atoms with van der Waals surface area (Å²) in [7, 11) is 0. The van der Waals surface area contributed by atoms with Gasteiger partial charge in [-0.15, -0.1) is 0 Å². The van der Waals surface area contributed by atoms with Crippen molar-refractivity contribution in [1.82, 2.24) is 4.90 Å². The molecule has 0 unspecified atom stereocenters. The van der Waals surface area contributed by atoms with Crippen molar-refractivity contribution in [2.45, 2.75) is 32.4 Å². The molecule has 0 radical (unpaired) electrons. The number of carbonyl (C=O) groups is 1. The van der Waals surface area contributed by atoms with Crippen LogP contribution in [0.3, 0.4) is 0 Å². The minimum atomic E-state index is -0.994. The predicted molar refractivity (Wildman–Crippen MR) is 99.6 cm³/mol. The molecule has 0 atom stereocenters. The van der Waals surface area contributed by atoms with Gasteiger partial charge in [-0.3, -0.25) is 0 Å². The van der Waals surface area contributed by atoms with E-state index in [2.05, 4.69) is 0 Å². The topological polar surface area (TPSA) is 85.0 Å². The van der Waals surface area contributed by atoms with E-state index in [1.54, 1.807) is 12.1 Å². The van der Waals surface area contributed by atoms with E-state index in [4.69, 9.17) is 15.2 Å². The normalized spacial score (nSPS) is 14.4. The molecule has 1 aliphatic heterocycles. The van der Waals surface area contributed by atoms with Gasteiger partial charge in [-0.05, 0) is 37.6 Å². The highest BCUT2D eigenvalue weighted by Crippen LogP contribution is 2.41. The van der Waals surface area contributed by atoms with Crippen molar-refractivity contribution in [3.05, 3.63) is 53.6 Å². The number of fused-ring (bicyclic) bond motifs is 1. The summed E-state index contributed by atoms with van der Waals surface area (Å²) in [5.74, 6) is 1.41. The fraction of sp³-hybridized carbons (Fsp3) is 0.350. The maximum atomic E-state index is 11.5. The van der Waals surface area contributed by atoms with Crippen molar-refractivity contribution in [1.29, 1.82) is 0 Å². The Morgan fingerprint density at radius 2 is 2.08 bits per heavy atom. The van der Waals surface area contributed by atoms with Gasteiger partial charge in [0.1, 0.15) is 12.2 Å². The highest BCUT2D eigenvalue weighted by Gasteiger charge is 2.32. The lowest BCUT2D eigenvalue weighted by molar-refractivity contribution is 0.123. The fourth-order valence-electron chi connectivity index (χ4n) is 3.12. The van der Waals surface area contributed by atoms with Crippen molar-refractivity contribution >= 4 is 11.8 Å². The van der Waals surface area contributed by atoms with Crippen LogP contribution >= 0.6 is 0 Å². The van der Waals surface area contributed by atoms with E-state index in [0.717, 1.165) is 23.3 Å². The van der Waals surface area contributed by atoms with E-state index in [-0.39, 0.29) is 25.3 Å². The van der Waals surface area contributed by atoms with Crippen LogP contribution in [-0.2, 0) is 13.0 Å². The molecule has 0 aliphatic carbocycles. The van der Waals surface area contributed by atoms with E-state index in [9.17, 15) is 9.90 Å². The third kappa shape index (κ3) is 4.20. The average Bonchev–Trinajstić information content (AvgIpc) is 2.88. The molecule has 1 heterocycles. The molecule has 2 aromatic carbocycles. The van der Waals surface area contributed by atoms with Crippen molar-refractivity contribution in [3.8, 4) is 11.5 Å². The van der Waals surface area contributed by atoms with Crippen LogP contribution in [0.15, 0.2) is 42.5 Å². The van der Waals surface area contributed by atoms with Crippen LogP contribution in [0.25, 0.3) is 0 Å². The lowest BCUT2D eigenvalue weighted by atomic mass is 10.0. The lowest BCUT2D eigenvalue weighted by Crippen LogP contribution is -2.33. The average molecular weight is 356 g/mol. The van der Waals surface area contributed by atoms with Gasteiger partial charge < -0.3 is 25.2 Å². The minimum absolute atomic E-state index is 0.245. The molecule has 0 saturated carbocycles. The summed E-state index contributed by atoms with van der Waals surface area (Å²) in [6.07, 6.45) is -0.164. The van der Waals surface area contributed by atoms with Crippen LogP contribution in [0, 0.1) is 0 Å². The van der Waals surface area contributed by atoms with Gasteiger partial charge in [-0.2, -0.15) is 0 Å². The van der Waals surface area contributed by atoms with Gasteiger partial charge >= 0.3 is 6.09 Å². The van der Waals surface area contributed by atoms with Gasteiger partial charge in [0, 0.05) is 24.2 Å². The molecule has 6 nitrogen and oxygen atoms in total. The number of ether oxygens (including phenoxy) is 2. The van der Waals surface area contributed by atoms with E-state index in [0.29, 0.717) is 11.4 Å². The quantitative estimate of drug-likeness (QED) is 0.773. The van der Waals surface area contributed by atoms with Crippen LogP contribution < -0.4 is 15.2 Å². The molecule has 0 bridgehead atoms. The second-order valence-corrected chi connectivity index (χ2v) is 7.08. The number of nitrogens with zero attached hydrogens (tertiary/aromatic N) is 1. The molecule has 26 heavy (non-hydrogen) atoms. The van der Waals surface area contributed by atoms with Gasteiger partial charge in [0.2, 0.25) is 0 Å². The molecule has 0 aromatic heterocycles. The molecular formula is C20H24N2O4. The SMILES string of the molecule is CC1(C)Cc2cccc(OCCN(Cc3cccc(N)c3)C(=O)O)c2O1. The number of nitrogen functional groups attached to an aromatic ring is 1. The molecule has 0 fully saturated rings. The van der Waals surface area contributed by atoms with Crippen LogP contribution in [0.4, 0.5) is 10.5 Å². The maximum Gasteiger partial charge on any atom is 0.407 e. The second-order valence-electron chi connectivity index (χ2n) is 7.08. The van der Waals surface area contributed by atoms with Gasteiger partial charge in [-0.1, -0.05) is 24.3 Å². The number of benzene rings is 2. The Bertz CT molecular complexity index is 804. The number of hydrogen-bond donors (Lipinski definition) is 2. The van der Waals surface area contributed by atoms with E-state index in [1.165, 1.54) is 4.90 Å². The highest BCUT2D eigenvalue weighted by atomic mass is 16.5. The number of carboxylic acid groups (broad SMARTS) is 1. The number of nitrogens with two attached hydrogens (primary N) is 1. The van der Waals surface area contributed by atoms with Crippen LogP contribution in [-0.4, -0.2) is 34.9 Å². The van der Waals surface area contributed by atoms with Crippen LogP contribution in [0.5, 0.6) is 11.5 Å². The molecule has 3 rings (SSSR count). The van der Waals surface area contributed by atoms with E-state index in [1.807, 2.05) is 44.2 Å². The molecule has 6 heteroatoms. The zero-order valence-electron chi connectivity index (χ0n) is 15.1. The third-order valence-corrected chi connectivity index (χ3v) is 4.27. The van der Waals surface area contributed by atoms with E-state index >= 15 is 0 Å². The Hall–Kier alpha value is -2.89. The summed E-state index contributed by atoms with van der Waals surface area (Å²) in [5.41, 5.74) is 8.08. The smallest absolute Gasteiger partial charge is 0.407 e. The third-order valence-electron chi connectivity index (χ3n) is 4.27. The lowest BCUT2D eigenvalue weighted by Gasteiger charge is -2.21. The molecule has 0 spiro atoms. The molecule has 3 N–H and O–H groups in total. The number of amides is 1. The van der Waals surface area contributed by atoms with Gasteiger partial charge in [0.25, 0.3) is 0 Å². The first kappa shape index (κ1) is 17.9. The Balaban J connectivity index is 1.61. The highest BCUT2D eigenvalue weighted by molar-refractivity contribution is 5.65. The monoisotopic (exact) mass is 356 g/mol. The van der Waals surface area contributed by atoms with Crippen molar-refractivity contribution < 1.29 is 19.4 Å². The van der Waals surface area contributed by atoms with Gasteiger partial charge in [-0.25, -0.2) is 4.79 Å². The standard InChI is InChI=1S/C20H24N2O4/c1-20(2)12-15-6-4-8-17(18(15)26-20)25-10-9-22(19(23)24)13-14-5-3-7-16(21)11-14/h3-8,11H,9-10,12-13,21H2,1-2H3,(H,23,24). The minimum Gasteiger partial charge on any atom is -0.488 e. The number of anilines is 1. The first-order chi connectivity index (χ1) is 12.3. The zero-order valence-corrected chi connectivity index (χ0v) is 15.1. The zero-order chi connectivity index (χ0) is 18.7. The summed E-state index contributed by atoms with van der Waals surface area (Å²) in [6.45, 7) is 4.83. The van der Waals surface area contributed by atoms with Gasteiger partial charge in [0.05, 0.1) is 6.54 Å². The van der Waals surface area contributed by atoms with Crippen molar-refractivity contribution in [2.24, 2.45) is 0 Å². The van der Waals surface area contributed by atoms with E-state index < -0.39 is 6.09 Å². The van der Waals surface area contributed by atoms with Gasteiger partial charge in [0.15, 0.2) is 11.5 Å². The number of hydrogen-bond acceptors (Lipinski definition) is 4. The summed E-state index contributed by atoms with van der Waals surface area (Å²) in [4.78, 5) is 12.8. The maximum absolute atomic E-state index is 11.5. The number of rotatable bonds is 6. The Morgan fingerprint density at radius 1 is 1.31 bits per heavy atom. The van der Waals surface area contributed by atoms with Crippen LogP contribution in [0.1, 0.15) is 25.0 Å².